The monoisotopic (exact) mass is 259 g/mol. The van der Waals surface area contributed by atoms with Crippen LogP contribution in [0.5, 0.6) is 0 Å². The molecule has 3 N–H and O–H groups in total. The van der Waals surface area contributed by atoms with Gasteiger partial charge in [0.1, 0.15) is 5.82 Å². The Morgan fingerprint density at radius 2 is 2.17 bits per heavy atom. The van der Waals surface area contributed by atoms with Gasteiger partial charge in [0.2, 0.25) is 0 Å². The van der Waals surface area contributed by atoms with Crippen LogP contribution >= 0.6 is 11.3 Å². The molecule has 3 aromatic rings. The largest absolute Gasteiger partial charge is 0.375 e. The standard InChI is InChI=1S/C11H9N5OS/c1-5-14-9-6(10(17)15-5)2-3-7(16-9)8-4-13-11(12)18-8/h2-4H,1H3,(H2,12,13)(H,14,15,16,17). The maximum absolute atomic E-state index is 11.7. The van der Waals surface area contributed by atoms with Crippen molar-refractivity contribution in [2.75, 3.05) is 5.73 Å². The molecule has 0 saturated carbocycles. The Kier molecular flexibility index (Phi) is 2.34. The first-order valence-electron chi connectivity index (χ1n) is 5.23. The van der Waals surface area contributed by atoms with Crippen LogP contribution in [0.2, 0.25) is 0 Å². The Morgan fingerprint density at radius 3 is 2.89 bits per heavy atom. The zero-order valence-electron chi connectivity index (χ0n) is 9.47. The molecule has 0 spiro atoms. The topological polar surface area (TPSA) is 97.5 Å². The smallest absolute Gasteiger partial charge is 0.260 e. The van der Waals surface area contributed by atoms with E-state index in [4.69, 9.17) is 5.73 Å². The van der Waals surface area contributed by atoms with E-state index in [0.29, 0.717) is 27.7 Å². The maximum Gasteiger partial charge on any atom is 0.260 e. The molecule has 0 aliphatic heterocycles. The molecule has 0 bridgehead atoms. The van der Waals surface area contributed by atoms with Crippen LogP contribution in [0.25, 0.3) is 21.6 Å². The van der Waals surface area contributed by atoms with Gasteiger partial charge in [0.05, 0.1) is 16.0 Å². The van der Waals surface area contributed by atoms with Crippen molar-refractivity contribution in [3.63, 3.8) is 0 Å². The number of aromatic nitrogens is 4. The first kappa shape index (κ1) is 10.8. The minimum atomic E-state index is -0.180. The fourth-order valence-corrected chi connectivity index (χ4v) is 2.33. The predicted molar refractivity (Wildman–Crippen MR) is 70.4 cm³/mol. The lowest BCUT2D eigenvalue weighted by Gasteiger charge is -2.00. The van der Waals surface area contributed by atoms with Crippen molar-refractivity contribution in [2.45, 2.75) is 6.92 Å². The zero-order chi connectivity index (χ0) is 12.7. The molecule has 3 aromatic heterocycles. The average Bonchev–Trinajstić information content (AvgIpc) is 2.75. The van der Waals surface area contributed by atoms with Gasteiger partial charge >= 0.3 is 0 Å². The van der Waals surface area contributed by atoms with Crippen LogP contribution in [0.15, 0.2) is 23.1 Å². The van der Waals surface area contributed by atoms with Crippen LogP contribution in [0.3, 0.4) is 0 Å². The van der Waals surface area contributed by atoms with Gasteiger partial charge in [0.25, 0.3) is 5.56 Å². The third-order valence-electron chi connectivity index (χ3n) is 2.46. The van der Waals surface area contributed by atoms with Crippen molar-refractivity contribution in [1.29, 1.82) is 0 Å². The molecular weight excluding hydrogens is 250 g/mol. The number of aromatic amines is 1. The van der Waals surface area contributed by atoms with Gasteiger partial charge < -0.3 is 10.7 Å². The van der Waals surface area contributed by atoms with Crippen molar-refractivity contribution in [1.82, 2.24) is 19.9 Å². The van der Waals surface area contributed by atoms with Gasteiger partial charge in [-0.25, -0.2) is 15.0 Å². The second kappa shape index (κ2) is 3.88. The van der Waals surface area contributed by atoms with Gasteiger partial charge in [0.15, 0.2) is 10.8 Å². The number of nitrogens with two attached hydrogens (primary N) is 1. The highest BCUT2D eigenvalue weighted by Gasteiger charge is 2.08. The summed E-state index contributed by atoms with van der Waals surface area (Å²) in [4.78, 5) is 27.7. The molecule has 18 heavy (non-hydrogen) atoms. The fourth-order valence-electron chi connectivity index (χ4n) is 1.67. The highest BCUT2D eigenvalue weighted by Crippen LogP contribution is 2.26. The lowest BCUT2D eigenvalue weighted by molar-refractivity contribution is 1.04. The predicted octanol–water partition coefficient (Wildman–Crippen LogP) is 1.33. The lowest BCUT2D eigenvalue weighted by atomic mass is 10.2. The van der Waals surface area contributed by atoms with Crippen LogP contribution in [0.1, 0.15) is 5.82 Å². The number of thiazole rings is 1. The number of hydrogen-bond donors (Lipinski definition) is 2. The van der Waals surface area contributed by atoms with E-state index in [1.807, 2.05) is 0 Å². The Balaban J connectivity index is 2.25. The highest BCUT2D eigenvalue weighted by molar-refractivity contribution is 7.18. The molecule has 0 aliphatic rings. The number of hydrogen-bond acceptors (Lipinski definition) is 6. The average molecular weight is 259 g/mol. The third-order valence-corrected chi connectivity index (χ3v) is 3.31. The van der Waals surface area contributed by atoms with Crippen molar-refractivity contribution >= 4 is 27.5 Å². The minimum Gasteiger partial charge on any atom is -0.375 e. The van der Waals surface area contributed by atoms with Crippen LogP contribution < -0.4 is 11.3 Å². The van der Waals surface area contributed by atoms with Crippen molar-refractivity contribution in [3.8, 4) is 10.6 Å². The Bertz CT molecular complexity index is 791. The Labute approximate surface area is 106 Å². The quantitative estimate of drug-likeness (QED) is 0.687. The number of pyridine rings is 1. The van der Waals surface area contributed by atoms with E-state index in [9.17, 15) is 4.79 Å². The second-order valence-corrected chi connectivity index (χ2v) is 4.84. The summed E-state index contributed by atoms with van der Waals surface area (Å²) < 4.78 is 0. The first-order chi connectivity index (χ1) is 8.63. The Morgan fingerprint density at radius 1 is 1.33 bits per heavy atom. The number of fused-ring (bicyclic) bond motifs is 1. The van der Waals surface area contributed by atoms with Crippen LogP contribution in [-0.4, -0.2) is 19.9 Å². The summed E-state index contributed by atoms with van der Waals surface area (Å²) >= 11 is 1.35. The summed E-state index contributed by atoms with van der Waals surface area (Å²) in [7, 11) is 0. The minimum absolute atomic E-state index is 0.180. The SMILES string of the molecule is Cc1nc2nc(-c3cnc(N)s3)ccc2c(=O)[nH]1. The van der Waals surface area contributed by atoms with Crippen molar-refractivity contribution in [2.24, 2.45) is 0 Å². The molecule has 0 fully saturated rings. The summed E-state index contributed by atoms with van der Waals surface area (Å²) in [6.45, 7) is 1.72. The normalized spacial score (nSPS) is 10.9. The van der Waals surface area contributed by atoms with E-state index in [0.717, 1.165) is 4.88 Å². The Hall–Kier alpha value is -2.28. The second-order valence-electron chi connectivity index (χ2n) is 3.78. The van der Waals surface area contributed by atoms with Crippen LogP contribution in [-0.2, 0) is 0 Å². The van der Waals surface area contributed by atoms with E-state index >= 15 is 0 Å². The summed E-state index contributed by atoms with van der Waals surface area (Å²) in [5.41, 5.74) is 6.55. The molecule has 7 heteroatoms. The number of nitrogens with one attached hydrogen (secondary N) is 1. The molecule has 0 aromatic carbocycles. The lowest BCUT2D eigenvalue weighted by Crippen LogP contribution is -2.10. The molecule has 0 radical (unpaired) electrons. The summed E-state index contributed by atoms with van der Waals surface area (Å²) in [5.74, 6) is 0.543. The first-order valence-corrected chi connectivity index (χ1v) is 6.04. The van der Waals surface area contributed by atoms with Gasteiger partial charge in [-0.2, -0.15) is 0 Å². The molecule has 0 unspecified atom stereocenters. The highest BCUT2D eigenvalue weighted by atomic mass is 32.1. The molecule has 3 heterocycles. The van der Waals surface area contributed by atoms with Crippen LogP contribution in [0, 0.1) is 6.92 Å². The number of nitrogens with zero attached hydrogens (tertiary/aromatic N) is 3. The van der Waals surface area contributed by atoms with Crippen molar-refractivity contribution < 1.29 is 0 Å². The number of rotatable bonds is 1. The number of anilines is 1. The molecule has 3 rings (SSSR count). The number of aryl methyl sites for hydroxylation is 1. The van der Waals surface area contributed by atoms with E-state index in [1.54, 1.807) is 25.3 Å². The van der Waals surface area contributed by atoms with E-state index in [1.165, 1.54) is 11.3 Å². The van der Waals surface area contributed by atoms with E-state index < -0.39 is 0 Å². The molecule has 0 aliphatic carbocycles. The molecule has 0 saturated heterocycles. The summed E-state index contributed by atoms with van der Waals surface area (Å²) in [6, 6.07) is 3.47. The van der Waals surface area contributed by atoms with E-state index in [2.05, 4.69) is 19.9 Å². The molecule has 90 valence electrons. The number of nitrogen functional groups attached to an aromatic ring is 1. The fraction of sp³-hybridized carbons (Fsp3) is 0.0909. The molecular formula is C11H9N5OS. The van der Waals surface area contributed by atoms with Gasteiger partial charge in [-0.3, -0.25) is 4.79 Å². The van der Waals surface area contributed by atoms with Gasteiger partial charge in [-0.05, 0) is 19.1 Å². The molecule has 0 amide bonds. The summed E-state index contributed by atoms with van der Waals surface area (Å²) in [6.07, 6.45) is 1.66. The zero-order valence-corrected chi connectivity index (χ0v) is 10.3. The van der Waals surface area contributed by atoms with Gasteiger partial charge in [-0.15, -0.1) is 0 Å². The molecule has 0 atom stereocenters. The maximum atomic E-state index is 11.7. The van der Waals surface area contributed by atoms with Gasteiger partial charge in [-0.1, -0.05) is 11.3 Å². The third kappa shape index (κ3) is 1.74. The molecule has 6 nitrogen and oxygen atoms in total. The summed E-state index contributed by atoms with van der Waals surface area (Å²) in [5, 5.41) is 0.962. The van der Waals surface area contributed by atoms with E-state index in [-0.39, 0.29) is 5.56 Å². The number of H-pyrrole nitrogens is 1. The van der Waals surface area contributed by atoms with Crippen molar-refractivity contribution in [3.05, 3.63) is 34.5 Å². The van der Waals surface area contributed by atoms with Crippen LogP contribution in [0.4, 0.5) is 5.13 Å². The van der Waals surface area contributed by atoms with Gasteiger partial charge in [0, 0.05) is 6.20 Å².